The summed E-state index contributed by atoms with van der Waals surface area (Å²) in [5.41, 5.74) is 0.740. The van der Waals surface area contributed by atoms with Gasteiger partial charge in [-0.15, -0.1) is 0 Å². The Morgan fingerprint density at radius 2 is 2.06 bits per heavy atom. The summed E-state index contributed by atoms with van der Waals surface area (Å²) in [6.45, 7) is 8.11. The molecule has 2 unspecified atom stereocenters. The third kappa shape index (κ3) is 3.96. The van der Waals surface area contributed by atoms with E-state index in [0.717, 1.165) is 31.5 Å². The minimum Gasteiger partial charge on any atom is -0.316 e. The van der Waals surface area contributed by atoms with Gasteiger partial charge in [-0.2, -0.15) is 0 Å². The van der Waals surface area contributed by atoms with Crippen molar-refractivity contribution in [3.8, 4) is 0 Å². The van der Waals surface area contributed by atoms with E-state index in [-0.39, 0.29) is 16.8 Å². The van der Waals surface area contributed by atoms with E-state index in [2.05, 4.69) is 26.1 Å². The molecule has 0 saturated heterocycles. The first-order valence-electron chi connectivity index (χ1n) is 6.76. The third-order valence-electron chi connectivity index (χ3n) is 3.43. The van der Waals surface area contributed by atoms with E-state index in [9.17, 15) is 4.39 Å². The highest BCUT2D eigenvalue weighted by molar-refractivity contribution is 6.30. The van der Waals surface area contributed by atoms with Crippen LogP contribution in [-0.4, -0.2) is 13.1 Å². The SMILES string of the molecule is CCCC(C)C(CNCC)c1cccc(Cl)c1F. The van der Waals surface area contributed by atoms with Crippen molar-refractivity contribution in [1.29, 1.82) is 0 Å². The van der Waals surface area contributed by atoms with Gasteiger partial charge >= 0.3 is 0 Å². The van der Waals surface area contributed by atoms with Gasteiger partial charge in [0.05, 0.1) is 5.02 Å². The van der Waals surface area contributed by atoms with Gasteiger partial charge < -0.3 is 5.32 Å². The largest absolute Gasteiger partial charge is 0.316 e. The minimum atomic E-state index is -0.259. The maximum Gasteiger partial charge on any atom is 0.145 e. The van der Waals surface area contributed by atoms with E-state index in [4.69, 9.17) is 11.6 Å². The van der Waals surface area contributed by atoms with Gasteiger partial charge in [-0.1, -0.05) is 57.3 Å². The predicted molar refractivity (Wildman–Crippen MR) is 76.8 cm³/mol. The van der Waals surface area contributed by atoms with Gasteiger partial charge in [-0.05, 0) is 24.1 Å². The summed E-state index contributed by atoms with van der Waals surface area (Å²) in [5, 5.41) is 3.54. The van der Waals surface area contributed by atoms with Crippen molar-refractivity contribution in [3.05, 3.63) is 34.6 Å². The van der Waals surface area contributed by atoms with Crippen molar-refractivity contribution < 1.29 is 4.39 Å². The highest BCUT2D eigenvalue weighted by Crippen LogP contribution is 2.31. The molecule has 0 radical (unpaired) electrons. The van der Waals surface area contributed by atoms with Gasteiger partial charge in [0.1, 0.15) is 5.82 Å². The van der Waals surface area contributed by atoms with Crippen LogP contribution >= 0.6 is 11.6 Å². The van der Waals surface area contributed by atoms with Gasteiger partial charge in [0.2, 0.25) is 0 Å². The van der Waals surface area contributed by atoms with Crippen LogP contribution in [0.3, 0.4) is 0 Å². The summed E-state index contributed by atoms with van der Waals surface area (Å²) in [5.74, 6) is 0.371. The molecule has 0 fully saturated rings. The van der Waals surface area contributed by atoms with Crippen LogP contribution in [0.15, 0.2) is 18.2 Å². The van der Waals surface area contributed by atoms with Crippen molar-refractivity contribution in [2.75, 3.05) is 13.1 Å². The maximum absolute atomic E-state index is 14.1. The number of benzene rings is 1. The third-order valence-corrected chi connectivity index (χ3v) is 3.72. The zero-order valence-corrected chi connectivity index (χ0v) is 12.2. The summed E-state index contributed by atoms with van der Waals surface area (Å²) >= 11 is 5.88. The first-order chi connectivity index (χ1) is 8.61. The van der Waals surface area contributed by atoms with E-state index in [1.54, 1.807) is 6.07 Å². The monoisotopic (exact) mass is 271 g/mol. The summed E-state index contributed by atoms with van der Waals surface area (Å²) in [4.78, 5) is 0. The highest BCUT2D eigenvalue weighted by atomic mass is 35.5. The zero-order valence-electron chi connectivity index (χ0n) is 11.5. The molecule has 0 aliphatic rings. The van der Waals surface area contributed by atoms with Crippen molar-refractivity contribution in [3.63, 3.8) is 0 Å². The van der Waals surface area contributed by atoms with Crippen LogP contribution in [0.1, 0.15) is 45.1 Å². The van der Waals surface area contributed by atoms with Gasteiger partial charge in [-0.25, -0.2) is 4.39 Å². The second-order valence-electron chi connectivity index (χ2n) is 4.82. The number of halogens is 2. The second kappa shape index (κ2) is 7.75. The second-order valence-corrected chi connectivity index (χ2v) is 5.23. The van der Waals surface area contributed by atoms with E-state index in [1.165, 1.54) is 0 Å². The van der Waals surface area contributed by atoms with Crippen LogP contribution in [-0.2, 0) is 0 Å². The molecule has 102 valence electrons. The molecule has 1 nitrogen and oxygen atoms in total. The number of likely N-dealkylation sites (N-methyl/N-ethyl adjacent to an activating group) is 1. The van der Waals surface area contributed by atoms with Crippen LogP contribution < -0.4 is 5.32 Å². The number of hydrogen-bond donors (Lipinski definition) is 1. The lowest BCUT2D eigenvalue weighted by molar-refractivity contribution is 0.395. The predicted octanol–water partition coefficient (Wildman–Crippen LogP) is 4.61. The Hall–Kier alpha value is -0.600. The Labute approximate surface area is 115 Å². The molecule has 0 bridgehead atoms. The van der Waals surface area contributed by atoms with Gasteiger partial charge in [-0.3, -0.25) is 0 Å². The molecule has 0 aliphatic heterocycles. The van der Waals surface area contributed by atoms with Crippen LogP contribution in [0.25, 0.3) is 0 Å². The van der Waals surface area contributed by atoms with Crippen LogP contribution in [0.5, 0.6) is 0 Å². The average molecular weight is 272 g/mol. The standard InChI is InChI=1S/C15H23ClFN/c1-4-7-11(3)13(10-18-5-2)12-8-6-9-14(16)15(12)17/h6,8-9,11,13,18H,4-5,7,10H2,1-3H3. The van der Waals surface area contributed by atoms with Crippen molar-refractivity contribution in [2.45, 2.75) is 39.5 Å². The first kappa shape index (κ1) is 15.5. The lowest BCUT2D eigenvalue weighted by atomic mass is 9.84. The summed E-state index contributed by atoms with van der Waals surface area (Å²) in [6, 6.07) is 5.29. The molecule has 0 heterocycles. The molecule has 3 heteroatoms. The molecule has 18 heavy (non-hydrogen) atoms. The van der Waals surface area contributed by atoms with Crippen molar-refractivity contribution in [1.82, 2.24) is 5.32 Å². The fraction of sp³-hybridized carbons (Fsp3) is 0.600. The Balaban J connectivity index is 2.97. The molecule has 1 rings (SSSR count). The summed E-state index contributed by atoms with van der Waals surface area (Å²) < 4.78 is 14.1. The minimum absolute atomic E-state index is 0.184. The summed E-state index contributed by atoms with van der Waals surface area (Å²) in [7, 11) is 0. The number of nitrogens with one attached hydrogen (secondary N) is 1. The maximum atomic E-state index is 14.1. The van der Waals surface area contributed by atoms with Gasteiger partial charge in [0.15, 0.2) is 0 Å². The lowest BCUT2D eigenvalue weighted by Gasteiger charge is -2.25. The molecule has 0 spiro atoms. The highest BCUT2D eigenvalue weighted by Gasteiger charge is 2.22. The molecule has 1 aromatic carbocycles. The molecule has 0 aromatic heterocycles. The molecule has 2 atom stereocenters. The van der Waals surface area contributed by atoms with Crippen molar-refractivity contribution in [2.24, 2.45) is 5.92 Å². The van der Waals surface area contributed by atoms with E-state index < -0.39 is 0 Å². The number of hydrogen-bond acceptors (Lipinski definition) is 1. The van der Waals surface area contributed by atoms with Gasteiger partial charge in [0.25, 0.3) is 0 Å². The molecule has 1 aromatic rings. The van der Waals surface area contributed by atoms with E-state index in [0.29, 0.717) is 5.92 Å². The first-order valence-corrected chi connectivity index (χ1v) is 7.14. The van der Waals surface area contributed by atoms with Crippen molar-refractivity contribution >= 4 is 11.6 Å². The molecule has 1 N–H and O–H groups in total. The smallest absolute Gasteiger partial charge is 0.145 e. The van der Waals surface area contributed by atoms with Crippen LogP contribution in [0.2, 0.25) is 5.02 Å². The topological polar surface area (TPSA) is 12.0 Å². The molecular formula is C15H23ClFN. The van der Waals surface area contributed by atoms with E-state index >= 15 is 0 Å². The quantitative estimate of drug-likeness (QED) is 0.764. The normalized spacial score (nSPS) is 14.5. The Morgan fingerprint density at radius 1 is 1.33 bits per heavy atom. The van der Waals surface area contributed by atoms with Gasteiger partial charge in [0, 0.05) is 12.5 Å². The Bertz CT molecular complexity index is 368. The Morgan fingerprint density at radius 3 is 2.67 bits per heavy atom. The van der Waals surface area contributed by atoms with Crippen LogP contribution in [0.4, 0.5) is 4.39 Å². The molecular weight excluding hydrogens is 249 g/mol. The van der Waals surface area contributed by atoms with E-state index in [1.807, 2.05) is 12.1 Å². The molecule has 0 saturated carbocycles. The van der Waals surface area contributed by atoms with Crippen LogP contribution in [0, 0.1) is 11.7 Å². The Kier molecular flexibility index (Phi) is 6.66. The fourth-order valence-corrected chi connectivity index (χ4v) is 2.56. The molecule has 0 amide bonds. The zero-order chi connectivity index (χ0) is 13.5. The summed E-state index contributed by atoms with van der Waals surface area (Å²) in [6.07, 6.45) is 2.22. The number of rotatable bonds is 7. The molecule has 0 aliphatic carbocycles. The lowest BCUT2D eigenvalue weighted by Crippen LogP contribution is -2.26. The fourth-order valence-electron chi connectivity index (χ4n) is 2.38. The average Bonchev–Trinajstić information content (AvgIpc) is 2.35.